The van der Waals surface area contributed by atoms with Gasteiger partial charge < -0.3 is 9.79 Å². The monoisotopic (exact) mass is 228 g/mol. The number of rotatable bonds is 0. The van der Waals surface area contributed by atoms with E-state index in [4.69, 9.17) is 14.4 Å². The van der Waals surface area contributed by atoms with Gasteiger partial charge in [0.15, 0.2) is 0 Å². The van der Waals surface area contributed by atoms with Gasteiger partial charge in [-0.25, -0.2) is 0 Å². The van der Waals surface area contributed by atoms with E-state index in [0.29, 0.717) is 0 Å². The van der Waals surface area contributed by atoms with Crippen molar-refractivity contribution in [3.8, 4) is 0 Å². The molecule has 11 heavy (non-hydrogen) atoms. The molecule has 0 fully saturated rings. The molecule has 11 heteroatoms. The summed E-state index contributed by atoms with van der Waals surface area (Å²) in [6.45, 7) is 0. The summed E-state index contributed by atoms with van der Waals surface area (Å²) in [4.78, 5) is 14.3. The Morgan fingerprint density at radius 1 is 1.00 bits per heavy atom. The Balaban J connectivity index is -0.000000142. The maximum absolute atomic E-state index is 10.7. The summed E-state index contributed by atoms with van der Waals surface area (Å²) in [5.74, 6) is 0. The fourth-order valence-corrected chi connectivity index (χ4v) is 0. The van der Waals surface area contributed by atoms with Crippen molar-refractivity contribution >= 4 is 16.1 Å². The van der Waals surface area contributed by atoms with Crippen LogP contribution in [0.15, 0.2) is 0 Å². The van der Waals surface area contributed by atoms with Crippen molar-refractivity contribution in [2.24, 2.45) is 0 Å². The van der Waals surface area contributed by atoms with Crippen molar-refractivity contribution in [1.29, 1.82) is 0 Å². The molecular formula is H4F6O3P2. The van der Waals surface area contributed by atoms with Crippen LogP contribution in [0.5, 0.6) is 0 Å². The van der Waals surface area contributed by atoms with Crippen LogP contribution < -0.4 is 0 Å². The Morgan fingerprint density at radius 2 is 1.00 bits per heavy atom. The topological polar surface area (TPSA) is 57.5 Å². The summed E-state index contributed by atoms with van der Waals surface area (Å²) >= 11 is 0. The van der Waals surface area contributed by atoms with Crippen molar-refractivity contribution < 1.29 is 41.0 Å². The van der Waals surface area contributed by atoms with Gasteiger partial charge in [0.2, 0.25) is 0 Å². The SMILES string of the molecule is F[P-](F)(F)(F)(F)F.O=[PH](O)O.[H+]. The zero-order chi connectivity index (χ0) is 9.99. The number of hydrogen-bond acceptors (Lipinski definition) is 1. The van der Waals surface area contributed by atoms with E-state index in [-0.39, 0.29) is 1.43 Å². The Kier molecular flexibility index (Phi) is 3.23. The first-order valence-electron chi connectivity index (χ1n) is 1.67. The summed E-state index contributed by atoms with van der Waals surface area (Å²) in [5, 5.41) is 0. The Bertz CT molecular complexity index is 139. The van der Waals surface area contributed by atoms with Crippen molar-refractivity contribution in [3.05, 3.63) is 0 Å². The molecule has 0 aromatic rings. The average Bonchev–Trinajstić information content (AvgIpc) is 1.11. The van der Waals surface area contributed by atoms with Crippen LogP contribution >= 0.6 is 16.1 Å². The summed E-state index contributed by atoms with van der Waals surface area (Å²) in [6.07, 6.45) is 0. The van der Waals surface area contributed by atoms with Crippen molar-refractivity contribution in [2.45, 2.75) is 0 Å². The maximum Gasteiger partial charge on any atom is 1.00 e. The minimum atomic E-state index is -10.7. The molecule has 0 saturated heterocycles. The Morgan fingerprint density at radius 3 is 1.00 bits per heavy atom. The van der Waals surface area contributed by atoms with Crippen molar-refractivity contribution in [3.63, 3.8) is 0 Å². The molecule has 0 atom stereocenters. The molecule has 0 aromatic heterocycles. The van der Waals surface area contributed by atoms with Gasteiger partial charge >= 0.3 is 42.7 Å². The molecule has 0 amide bonds. The Labute approximate surface area is 58.3 Å². The largest absolute Gasteiger partial charge is 1.00 e. The number of hydrogen-bond donors (Lipinski definition) is 2. The average molecular weight is 228 g/mol. The summed E-state index contributed by atoms with van der Waals surface area (Å²) in [6, 6.07) is 0. The first-order valence-corrected chi connectivity index (χ1v) is 5.00. The van der Waals surface area contributed by atoms with E-state index in [0.717, 1.165) is 0 Å². The van der Waals surface area contributed by atoms with Gasteiger partial charge in [-0.05, 0) is 0 Å². The fraction of sp³-hybridized carbons (Fsp3) is 0. The minimum absolute atomic E-state index is 0. The second-order valence-electron chi connectivity index (χ2n) is 1.24. The van der Waals surface area contributed by atoms with Crippen LogP contribution in [0.3, 0.4) is 0 Å². The van der Waals surface area contributed by atoms with E-state index in [2.05, 4.69) is 0 Å². The second-order valence-corrected chi connectivity index (χ2v) is 3.72. The quantitative estimate of drug-likeness (QED) is 0.495. The van der Waals surface area contributed by atoms with Crippen molar-refractivity contribution in [2.75, 3.05) is 0 Å². The predicted molar refractivity (Wildman–Crippen MR) is 28.1 cm³/mol. The molecule has 0 aliphatic carbocycles. The molecule has 0 spiro atoms. The van der Waals surface area contributed by atoms with Gasteiger partial charge in [-0.1, -0.05) is 0 Å². The third-order valence-corrected chi connectivity index (χ3v) is 0. The van der Waals surface area contributed by atoms with Crippen LogP contribution in [0.2, 0.25) is 0 Å². The smallest absolute Gasteiger partial charge is 0.326 e. The summed E-state index contributed by atoms with van der Waals surface area (Å²) < 4.78 is 67.9. The van der Waals surface area contributed by atoms with E-state index < -0.39 is 16.1 Å². The van der Waals surface area contributed by atoms with Gasteiger partial charge in [0.05, 0.1) is 0 Å². The van der Waals surface area contributed by atoms with Crippen LogP contribution in [-0.4, -0.2) is 9.79 Å². The van der Waals surface area contributed by atoms with Gasteiger partial charge in [0.25, 0.3) is 0 Å². The molecule has 0 aliphatic rings. The first kappa shape index (κ1) is 13.7. The molecule has 3 nitrogen and oxygen atoms in total. The second kappa shape index (κ2) is 2.58. The van der Waals surface area contributed by atoms with E-state index in [9.17, 15) is 25.2 Å². The molecule has 0 bridgehead atoms. The van der Waals surface area contributed by atoms with E-state index >= 15 is 0 Å². The molecule has 0 radical (unpaired) electrons. The third-order valence-electron chi connectivity index (χ3n) is 0. The number of halogens is 6. The van der Waals surface area contributed by atoms with Crippen LogP contribution in [0.1, 0.15) is 1.43 Å². The van der Waals surface area contributed by atoms with Gasteiger partial charge in [0.1, 0.15) is 0 Å². The zero-order valence-electron chi connectivity index (χ0n) is 5.52. The molecule has 0 aromatic carbocycles. The maximum atomic E-state index is 9.87. The third kappa shape index (κ3) is 26400. The van der Waals surface area contributed by atoms with Crippen LogP contribution in [0, 0.1) is 0 Å². The normalized spacial score (nSPS) is 17.9. The van der Waals surface area contributed by atoms with Crippen LogP contribution in [0.25, 0.3) is 0 Å². The van der Waals surface area contributed by atoms with E-state index in [1.54, 1.807) is 0 Å². The summed E-state index contributed by atoms with van der Waals surface area (Å²) in [5.41, 5.74) is 0. The van der Waals surface area contributed by atoms with Gasteiger partial charge in [-0.2, -0.15) is 0 Å². The molecule has 0 unspecified atom stereocenters. The van der Waals surface area contributed by atoms with Crippen molar-refractivity contribution in [1.82, 2.24) is 0 Å². The molecule has 74 valence electrons. The van der Waals surface area contributed by atoms with E-state index in [1.165, 1.54) is 0 Å². The standard InChI is InChI=1S/F6P.H3O3P/c1-7(2,3,4,5)6;1-4(2)3/h;4H,(H2,1,2,3)/q-1;/p+1. The van der Waals surface area contributed by atoms with Gasteiger partial charge in [0, 0.05) is 0 Å². The Hall–Kier alpha value is 0.160. The molecule has 0 saturated carbocycles. The molecular weight excluding hydrogens is 224 g/mol. The van der Waals surface area contributed by atoms with Gasteiger partial charge in [-0.15, -0.1) is 0 Å². The predicted octanol–water partition coefficient (Wildman–Crippen LogP) is 2.86. The zero-order valence-corrected chi connectivity index (χ0v) is 6.41. The molecule has 0 heterocycles. The van der Waals surface area contributed by atoms with Crippen LogP contribution in [-0.2, 0) is 4.57 Å². The van der Waals surface area contributed by atoms with Crippen LogP contribution in [0.4, 0.5) is 25.2 Å². The molecule has 0 rings (SSSR count). The van der Waals surface area contributed by atoms with Gasteiger partial charge in [-0.3, -0.25) is 4.57 Å². The molecule has 0 aliphatic heterocycles. The minimum Gasteiger partial charge on any atom is -0.326 e. The summed E-state index contributed by atoms with van der Waals surface area (Å²) in [7, 11) is -13.8. The van der Waals surface area contributed by atoms with E-state index in [1.807, 2.05) is 0 Å². The first-order chi connectivity index (χ1) is 4.18. The molecule has 2 N–H and O–H groups in total. The fourth-order valence-electron chi connectivity index (χ4n) is 0.